The van der Waals surface area contributed by atoms with Gasteiger partial charge in [0.25, 0.3) is 5.91 Å². The molecule has 2 heterocycles. The second-order valence-corrected chi connectivity index (χ2v) is 8.79. The van der Waals surface area contributed by atoms with Crippen molar-refractivity contribution in [2.24, 2.45) is 5.73 Å². The van der Waals surface area contributed by atoms with E-state index in [0.717, 1.165) is 11.4 Å². The Morgan fingerprint density at radius 3 is 2.38 bits per heavy atom. The minimum atomic E-state index is -3.13. The second-order valence-electron chi connectivity index (χ2n) is 6.53. The van der Waals surface area contributed by atoms with Crippen molar-refractivity contribution in [1.29, 1.82) is 0 Å². The number of piperazine rings is 1. The number of primary amides is 1. The van der Waals surface area contributed by atoms with Gasteiger partial charge in [0.15, 0.2) is 0 Å². The molecule has 3 rings (SSSR count). The Hall–Kier alpha value is -2.92. The molecule has 0 aliphatic carbocycles. The largest absolute Gasteiger partial charge is 0.372 e. The Balaban J connectivity index is 1.65. The second kappa shape index (κ2) is 8.62. The van der Waals surface area contributed by atoms with Crippen LogP contribution in [0.1, 0.15) is 17.3 Å². The molecule has 156 valence electrons. The van der Waals surface area contributed by atoms with Gasteiger partial charge in [0, 0.05) is 50.8 Å². The number of carbonyl (C=O) groups is 1. The molecule has 0 radical (unpaired) electrons. The highest BCUT2D eigenvalue weighted by Gasteiger charge is 2.25. The predicted octanol–water partition coefficient (Wildman–Crippen LogP) is 0.833. The van der Waals surface area contributed by atoms with E-state index in [1.807, 2.05) is 24.3 Å². The molecule has 1 amide bonds. The fourth-order valence-corrected chi connectivity index (χ4v) is 4.19. The number of anilines is 4. The molecule has 1 aromatic carbocycles. The van der Waals surface area contributed by atoms with Crippen LogP contribution in [-0.2, 0) is 10.0 Å². The van der Waals surface area contributed by atoms with E-state index >= 15 is 0 Å². The predicted molar refractivity (Wildman–Crippen MR) is 113 cm³/mol. The van der Waals surface area contributed by atoms with E-state index in [2.05, 4.69) is 25.5 Å². The first-order valence-electron chi connectivity index (χ1n) is 9.28. The van der Waals surface area contributed by atoms with Gasteiger partial charge in [0.2, 0.25) is 16.0 Å². The smallest absolute Gasteiger partial charge is 0.254 e. The summed E-state index contributed by atoms with van der Waals surface area (Å²) in [7, 11) is -1.48. The lowest BCUT2D eigenvalue weighted by Gasteiger charge is -2.35. The number of aromatic nitrogens is 2. The molecule has 0 bridgehead atoms. The molecule has 1 fully saturated rings. The first-order chi connectivity index (χ1) is 13.8. The van der Waals surface area contributed by atoms with Crippen molar-refractivity contribution in [1.82, 2.24) is 14.3 Å². The standard InChI is InChI=1S/C18H25N7O3S/c1-3-29(27,28)25-10-8-24(9-11-25)14-6-4-13(5-7-14)22-18-21-12-15(16(19)26)17(20-2)23-18/h4-7,12H,3,8-11H2,1-2H3,(H2,19,26)(H2,20,21,22,23). The Labute approximate surface area is 170 Å². The van der Waals surface area contributed by atoms with E-state index < -0.39 is 15.9 Å². The van der Waals surface area contributed by atoms with Crippen molar-refractivity contribution < 1.29 is 13.2 Å². The molecule has 0 atom stereocenters. The molecule has 1 aromatic heterocycles. The number of hydrogen-bond donors (Lipinski definition) is 3. The number of nitrogens with one attached hydrogen (secondary N) is 2. The summed E-state index contributed by atoms with van der Waals surface area (Å²) in [6, 6.07) is 7.72. The molecule has 0 saturated carbocycles. The van der Waals surface area contributed by atoms with Crippen LogP contribution in [0.5, 0.6) is 0 Å². The summed E-state index contributed by atoms with van der Waals surface area (Å²) in [5, 5.41) is 5.92. The van der Waals surface area contributed by atoms with Crippen LogP contribution < -0.4 is 21.3 Å². The highest BCUT2D eigenvalue weighted by atomic mass is 32.2. The SMILES string of the molecule is CCS(=O)(=O)N1CCN(c2ccc(Nc3ncc(C(N)=O)c(NC)n3)cc2)CC1. The van der Waals surface area contributed by atoms with Gasteiger partial charge in [-0.15, -0.1) is 0 Å². The van der Waals surface area contributed by atoms with Gasteiger partial charge in [-0.1, -0.05) is 0 Å². The van der Waals surface area contributed by atoms with Crippen LogP contribution in [0.25, 0.3) is 0 Å². The minimum absolute atomic E-state index is 0.130. The Morgan fingerprint density at radius 1 is 1.17 bits per heavy atom. The average Bonchev–Trinajstić information content (AvgIpc) is 2.74. The molecule has 2 aromatic rings. The van der Waals surface area contributed by atoms with E-state index in [1.54, 1.807) is 18.3 Å². The van der Waals surface area contributed by atoms with Gasteiger partial charge in [0.1, 0.15) is 5.82 Å². The molecule has 11 heteroatoms. The molecule has 0 unspecified atom stereocenters. The lowest BCUT2D eigenvalue weighted by molar-refractivity contribution is 0.100. The van der Waals surface area contributed by atoms with Crippen LogP contribution in [0, 0.1) is 0 Å². The van der Waals surface area contributed by atoms with Crippen molar-refractivity contribution in [3.05, 3.63) is 36.0 Å². The van der Waals surface area contributed by atoms with Gasteiger partial charge < -0.3 is 21.3 Å². The van der Waals surface area contributed by atoms with Crippen LogP contribution in [0.15, 0.2) is 30.5 Å². The number of nitrogens with two attached hydrogens (primary N) is 1. The zero-order valence-electron chi connectivity index (χ0n) is 16.4. The summed E-state index contributed by atoms with van der Waals surface area (Å²) in [6.07, 6.45) is 1.38. The number of sulfonamides is 1. The van der Waals surface area contributed by atoms with Crippen LogP contribution in [0.3, 0.4) is 0 Å². The summed E-state index contributed by atoms with van der Waals surface area (Å²) >= 11 is 0. The first kappa shape index (κ1) is 20.8. The van der Waals surface area contributed by atoms with Gasteiger partial charge >= 0.3 is 0 Å². The van der Waals surface area contributed by atoms with Gasteiger partial charge in [-0.3, -0.25) is 4.79 Å². The number of hydrogen-bond acceptors (Lipinski definition) is 8. The number of carbonyl (C=O) groups excluding carboxylic acids is 1. The third-order valence-corrected chi connectivity index (χ3v) is 6.66. The maximum atomic E-state index is 12.0. The Kier molecular flexibility index (Phi) is 6.18. The maximum Gasteiger partial charge on any atom is 0.254 e. The summed E-state index contributed by atoms with van der Waals surface area (Å²) in [4.78, 5) is 21.9. The van der Waals surface area contributed by atoms with Crippen molar-refractivity contribution in [2.45, 2.75) is 6.92 Å². The van der Waals surface area contributed by atoms with Gasteiger partial charge in [-0.05, 0) is 31.2 Å². The van der Waals surface area contributed by atoms with E-state index in [9.17, 15) is 13.2 Å². The van der Waals surface area contributed by atoms with Crippen LogP contribution in [0.2, 0.25) is 0 Å². The van der Waals surface area contributed by atoms with E-state index in [1.165, 1.54) is 6.20 Å². The summed E-state index contributed by atoms with van der Waals surface area (Å²) in [5.41, 5.74) is 7.33. The molecule has 0 spiro atoms. The quantitative estimate of drug-likeness (QED) is 0.601. The monoisotopic (exact) mass is 419 g/mol. The fraction of sp³-hybridized carbons (Fsp3) is 0.389. The first-order valence-corrected chi connectivity index (χ1v) is 10.9. The van der Waals surface area contributed by atoms with E-state index in [0.29, 0.717) is 37.9 Å². The van der Waals surface area contributed by atoms with Gasteiger partial charge in [-0.2, -0.15) is 9.29 Å². The number of amides is 1. The normalized spacial score (nSPS) is 15.2. The molecule has 29 heavy (non-hydrogen) atoms. The van der Waals surface area contributed by atoms with Crippen LogP contribution in [-0.4, -0.2) is 67.6 Å². The molecule has 10 nitrogen and oxygen atoms in total. The van der Waals surface area contributed by atoms with Gasteiger partial charge in [-0.25, -0.2) is 13.4 Å². The van der Waals surface area contributed by atoms with Crippen molar-refractivity contribution in [2.75, 3.05) is 54.5 Å². The fourth-order valence-electron chi connectivity index (χ4n) is 3.10. The van der Waals surface area contributed by atoms with Crippen molar-refractivity contribution >= 4 is 39.1 Å². The number of benzene rings is 1. The van der Waals surface area contributed by atoms with E-state index in [-0.39, 0.29) is 11.3 Å². The minimum Gasteiger partial charge on any atom is -0.372 e. The summed E-state index contributed by atoms with van der Waals surface area (Å²) < 4.78 is 25.5. The molecule has 1 aliphatic rings. The summed E-state index contributed by atoms with van der Waals surface area (Å²) in [6.45, 7) is 3.94. The molecule has 1 saturated heterocycles. The number of rotatable bonds is 7. The third-order valence-electron chi connectivity index (χ3n) is 4.78. The lowest BCUT2D eigenvalue weighted by atomic mass is 10.2. The molecule has 1 aliphatic heterocycles. The molecular formula is C18H25N7O3S. The van der Waals surface area contributed by atoms with E-state index in [4.69, 9.17) is 5.73 Å². The van der Waals surface area contributed by atoms with Crippen LogP contribution >= 0.6 is 0 Å². The lowest BCUT2D eigenvalue weighted by Crippen LogP contribution is -2.49. The maximum absolute atomic E-state index is 12.0. The highest BCUT2D eigenvalue weighted by Crippen LogP contribution is 2.22. The van der Waals surface area contributed by atoms with Crippen molar-refractivity contribution in [3.63, 3.8) is 0 Å². The highest BCUT2D eigenvalue weighted by molar-refractivity contribution is 7.89. The Morgan fingerprint density at radius 2 is 1.83 bits per heavy atom. The molecule has 4 N–H and O–H groups in total. The van der Waals surface area contributed by atoms with Gasteiger partial charge in [0.05, 0.1) is 11.3 Å². The number of nitrogens with zero attached hydrogens (tertiary/aromatic N) is 4. The average molecular weight is 420 g/mol. The zero-order valence-corrected chi connectivity index (χ0v) is 17.2. The topological polar surface area (TPSA) is 134 Å². The van der Waals surface area contributed by atoms with Crippen LogP contribution in [0.4, 0.5) is 23.1 Å². The third kappa shape index (κ3) is 4.74. The Bertz CT molecular complexity index is 971. The summed E-state index contributed by atoms with van der Waals surface area (Å²) in [5.74, 6) is 0.222. The zero-order chi connectivity index (χ0) is 21.0. The molecular weight excluding hydrogens is 394 g/mol. The van der Waals surface area contributed by atoms with Crippen molar-refractivity contribution in [3.8, 4) is 0 Å².